The number of pyridine rings is 1. The molecule has 0 bridgehead atoms. The van der Waals surface area contributed by atoms with Gasteiger partial charge in [-0.25, -0.2) is 9.78 Å². The van der Waals surface area contributed by atoms with E-state index in [4.69, 9.17) is 16.7 Å². The fourth-order valence-electron chi connectivity index (χ4n) is 1.64. The largest absolute Gasteiger partial charge is 0.478 e. The van der Waals surface area contributed by atoms with Crippen molar-refractivity contribution < 1.29 is 9.90 Å². The molecule has 0 fully saturated rings. The van der Waals surface area contributed by atoms with E-state index in [-0.39, 0.29) is 5.56 Å². The fourth-order valence-corrected chi connectivity index (χ4v) is 1.81. The number of carboxylic acid groups (broad SMARTS) is 1. The van der Waals surface area contributed by atoms with Gasteiger partial charge in [0.2, 0.25) is 0 Å². The second-order valence-electron chi connectivity index (χ2n) is 3.70. The normalized spacial score (nSPS) is 10.2. The van der Waals surface area contributed by atoms with E-state index in [2.05, 4.69) is 4.98 Å². The van der Waals surface area contributed by atoms with Gasteiger partial charge in [0, 0.05) is 6.20 Å². The lowest BCUT2D eigenvalue weighted by molar-refractivity contribution is 0.0697. The van der Waals surface area contributed by atoms with E-state index in [1.54, 1.807) is 36.5 Å². The van der Waals surface area contributed by atoms with Crippen molar-refractivity contribution in [1.29, 1.82) is 0 Å². The third-order valence-electron chi connectivity index (χ3n) is 2.52. The van der Waals surface area contributed by atoms with E-state index in [0.29, 0.717) is 5.15 Å². The number of aryl methyl sites for hydroxylation is 1. The summed E-state index contributed by atoms with van der Waals surface area (Å²) in [6.45, 7) is 1.93. The van der Waals surface area contributed by atoms with Crippen LogP contribution in [0.15, 0.2) is 36.5 Å². The zero-order chi connectivity index (χ0) is 12.4. The molecule has 0 saturated heterocycles. The summed E-state index contributed by atoms with van der Waals surface area (Å²) in [7, 11) is 0. The second kappa shape index (κ2) is 4.55. The van der Waals surface area contributed by atoms with Crippen LogP contribution in [0.2, 0.25) is 5.15 Å². The first-order valence-electron chi connectivity index (χ1n) is 5.04. The van der Waals surface area contributed by atoms with Crippen LogP contribution in [0.4, 0.5) is 0 Å². The number of carbonyl (C=O) groups is 1. The molecule has 1 aromatic heterocycles. The molecule has 0 spiro atoms. The van der Waals surface area contributed by atoms with Crippen molar-refractivity contribution in [2.24, 2.45) is 0 Å². The molecule has 3 nitrogen and oxygen atoms in total. The number of aromatic nitrogens is 1. The zero-order valence-corrected chi connectivity index (χ0v) is 9.90. The van der Waals surface area contributed by atoms with Gasteiger partial charge in [0.25, 0.3) is 0 Å². The summed E-state index contributed by atoms with van der Waals surface area (Å²) in [5.74, 6) is -0.939. The summed E-state index contributed by atoms with van der Waals surface area (Å²) in [5.41, 5.74) is 2.98. The number of aromatic carboxylic acids is 1. The molecule has 2 rings (SSSR count). The monoisotopic (exact) mass is 247 g/mol. The minimum Gasteiger partial charge on any atom is -0.478 e. The third-order valence-corrected chi connectivity index (χ3v) is 2.73. The van der Waals surface area contributed by atoms with Crippen molar-refractivity contribution in [3.05, 3.63) is 52.8 Å². The summed E-state index contributed by atoms with van der Waals surface area (Å²) >= 11 is 5.82. The van der Waals surface area contributed by atoms with Gasteiger partial charge in [0.15, 0.2) is 0 Å². The van der Waals surface area contributed by atoms with Crippen molar-refractivity contribution in [3.63, 3.8) is 0 Å². The zero-order valence-electron chi connectivity index (χ0n) is 9.14. The molecule has 1 heterocycles. The van der Waals surface area contributed by atoms with Crippen LogP contribution in [-0.4, -0.2) is 16.1 Å². The highest BCUT2D eigenvalue weighted by molar-refractivity contribution is 6.29. The van der Waals surface area contributed by atoms with Gasteiger partial charge >= 0.3 is 5.97 Å². The molecule has 2 aromatic rings. The topological polar surface area (TPSA) is 50.2 Å². The van der Waals surface area contributed by atoms with Gasteiger partial charge < -0.3 is 5.11 Å². The van der Waals surface area contributed by atoms with E-state index in [9.17, 15) is 4.79 Å². The van der Waals surface area contributed by atoms with E-state index < -0.39 is 5.97 Å². The third kappa shape index (κ3) is 2.45. The van der Waals surface area contributed by atoms with Crippen molar-refractivity contribution in [2.75, 3.05) is 0 Å². The Kier molecular flexibility index (Phi) is 3.11. The Bertz CT molecular complexity index is 581. The maximum atomic E-state index is 10.9. The van der Waals surface area contributed by atoms with Crippen LogP contribution in [0.1, 0.15) is 15.9 Å². The Labute approximate surface area is 104 Å². The predicted molar refractivity (Wildman–Crippen MR) is 66.4 cm³/mol. The van der Waals surface area contributed by atoms with Gasteiger partial charge in [-0.2, -0.15) is 0 Å². The van der Waals surface area contributed by atoms with E-state index >= 15 is 0 Å². The standard InChI is InChI=1S/C13H10ClNO2/c1-8-2-3-10(13(16)17)6-11(8)9-4-5-15-12(14)7-9/h2-7H,1H3,(H,16,17). The van der Waals surface area contributed by atoms with Gasteiger partial charge in [-0.15, -0.1) is 0 Å². The molecule has 0 unspecified atom stereocenters. The first-order valence-corrected chi connectivity index (χ1v) is 5.41. The number of benzene rings is 1. The minimum absolute atomic E-state index is 0.263. The number of carboxylic acids is 1. The van der Waals surface area contributed by atoms with Crippen LogP contribution in [-0.2, 0) is 0 Å². The Morgan fingerprint density at radius 1 is 1.29 bits per heavy atom. The second-order valence-corrected chi connectivity index (χ2v) is 4.09. The Balaban J connectivity index is 2.58. The lowest BCUT2D eigenvalue weighted by Gasteiger charge is -2.07. The Hall–Kier alpha value is -1.87. The SMILES string of the molecule is Cc1ccc(C(=O)O)cc1-c1ccnc(Cl)c1. The molecule has 1 N–H and O–H groups in total. The van der Waals surface area contributed by atoms with Gasteiger partial charge in [0.1, 0.15) is 5.15 Å². The lowest BCUT2D eigenvalue weighted by atomic mass is 9.99. The van der Waals surface area contributed by atoms with Crippen LogP contribution in [0.3, 0.4) is 0 Å². The van der Waals surface area contributed by atoms with Crippen LogP contribution < -0.4 is 0 Å². The van der Waals surface area contributed by atoms with Crippen molar-refractivity contribution in [3.8, 4) is 11.1 Å². The van der Waals surface area contributed by atoms with E-state index in [1.807, 2.05) is 6.92 Å². The maximum absolute atomic E-state index is 10.9. The first-order chi connectivity index (χ1) is 8.08. The quantitative estimate of drug-likeness (QED) is 0.828. The van der Waals surface area contributed by atoms with Crippen molar-refractivity contribution in [1.82, 2.24) is 4.98 Å². The number of rotatable bonds is 2. The summed E-state index contributed by atoms with van der Waals surface area (Å²) < 4.78 is 0. The molecule has 1 aromatic carbocycles. The smallest absolute Gasteiger partial charge is 0.335 e. The molecule has 0 aliphatic heterocycles. The highest BCUT2D eigenvalue weighted by Gasteiger charge is 2.08. The van der Waals surface area contributed by atoms with Gasteiger partial charge in [-0.1, -0.05) is 17.7 Å². The van der Waals surface area contributed by atoms with Gasteiger partial charge in [-0.05, 0) is 47.9 Å². The van der Waals surface area contributed by atoms with Crippen LogP contribution in [0.5, 0.6) is 0 Å². The number of hydrogen-bond acceptors (Lipinski definition) is 2. The number of halogens is 1. The van der Waals surface area contributed by atoms with Gasteiger partial charge in [0.05, 0.1) is 5.56 Å². The predicted octanol–water partition coefficient (Wildman–Crippen LogP) is 3.41. The Morgan fingerprint density at radius 3 is 2.71 bits per heavy atom. The van der Waals surface area contributed by atoms with Crippen molar-refractivity contribution in [2.45, 2.75) is 6.92 Å². The molecule has 0 amide bonds. The first kappa shape index (κ1) is 11.6. The van der Waals surface area contributed by atoms with E-state index in [1.165, 1.54) is 0 Å². The molecule has 86 valence electrons. The van der Waals surface area contributed by atoms with Crippen LogP contribution >= 0.6 is 11.6 Å². The minimum atomic E-state index is -0.939. The molecular weight excluding hydrogens is 238 g/mol. The molecule has 0 atom stereocenters. The maximum Gasteiger partial charge on any atom is 0.335 e. The molecule has 0 aliphatic rings. The summed E-state index contributed by atoms with van der Waals surface area (Å²) in [6.07, 6.45) is 1.60. The molecule has 0 radical (unpaired) electrons. The number of nitrogens with zero attached hydrogens (tertiary/aromatic N) is 1. The fraction of sp³-hybridized carbons (Fsp3) is 0.0769. The summed E-state index contributed by atoms with van der Waals surface area (Å²) in [4.78, 5) is 14.8. The average molecular weight is 248 g/mol. The lowest BCUT2D eigenvalue weighted by Crippen LogP contribution is -1.97. The Morgan fingerprint density at radius 2 is 2.06 bits per heavy atom. The molecule has 0 aliphatic carbocycles. The van der Waals surface area contributed by atoms with E-state index in [0.717, 1.165) is 16.7 Å². The molecule has 4 heteroatoms. The van der Waals surface area contributed by atoms with Crippen LogP contribution in [0.25, 0.3) is 11.1 Å². The van der Waals surface area contributed by atoms with Crippen molar-refractivity contribution >= 4 is 17.6 Å². The molecular formula is C13H10ClNO2. The highest BCUT2D eigenvalue weighted by atomic mass is 35.5. The molecule has 0 saturated carbocycles. The van der Waals surface area contributed by atoms with Crippen LogP contribution in [0, 0.1) is 6.92 Å². The summed E-state index contributed by atoms with van der Waals surface area (Å²) in [6, 6.07) is 8.54. The number of hydrogen-bond donors (Lipinski definition) is 1. The van der Waals surface area contributed by atoms with Gasteiger partial charge in [-0.3, -0.25) is 0 Å². The molecule has 17 heavy (non-hydrogen) atoms. The highest BCUT2D eigenvalue weighted by Crippen LogP contribution is 2.25. The summed E-state index contributed by atoms with van der Waals surface area (Å²) in [5, 5.41) is 9.35. The average Bonchev–Trinajstić information content (AvgIpc) is 2.29.